The second-order valence-corrected chi connectivity index (χ2v) is 7.78. The summed E-state index contributed by atoms with van der Waals surface area (Å²) < 4.78 is 10.8. The zero-order valence-electron chi connectivity index (χ0n) is 16.5. The Labute approximate surface area is 166 Å². The highest BCUT2D eigenvalue weighted by molar-refractivity contribution is 5.95. The number of rotatable bonds is 4. The first-order valence-electron chi connectivity index (χ1n) is 10.2. The van der Waals surface area contributed by atoms with Crippen molar-refractivity contribution >= 4 is 17.5 Å². The number of ether oxygens (including phenoxy) is 2. The molecule has 1 aromatic rings. The molecule has 3 aliphatic heterocycles. The maximum Gasteiger partial charge on any atom is 0.251 e. The summed E-state index contributed by atoms with van der Waals surface area (Å²) in [7, 11) is 1.63. The Bertz CT molecular complexity index is 711. The van der Waals surface area contributed by atoms with Crippen molar-refractivity contribution in [2.75, 3.05) is 51.3 Å². The molecule has 0 radical (unpaired) electrons. The van der Waals surface area contributed by atoms with Gasteiger partial charge in [0, 0.05) is 50.6 Å². The number of anilines is 1. The van der Waals surface area contributed by atoms with E-state index in [-0.39, 0.29) is 17.9 Å². The monoisotopic (exact) mass is 387 g/mol. The molecule has 0 N–H and O–H groups in total. The van der Waals surface area contributed by atoms with Crippen LogP contribution in [0.4, 0.5) is 5.69 Å². The molecular weight excluding hydrogens is 358 g/mol. The Kier molecular flexibility index (Phi) is 5.82. The highest BCUT2D eigenvalue weighted by Gasteiger charge is 2.35. The molecule has 3 aliphatic rings. The number of benzene rings is 1. The van der Waals surface area contributed by atoms with E-state index in [0.29, 0.717) is 25.7 Å². The molecule has 0 aromatic heterocycles. The Hall–Kier alpha value is -2.12. The Morgan fingerprint density at radius 1 is 1.14 bits per heavy atom. The van der Waals surface area contributed by atoms with E-state index in [0.717, 1.165) is 56.8 Å². The van der Waals surface area contributed by atoms with Crippen LogP contribution in [0.2, 0.25) is 0 Å². The minimum Gasteiger partial charge on any atom is -0.497 e. The molecule has 2 amide bonds. The average Bonchev–Trinajstić information content (AvgIpc) is 3.28. The van der Waals surface area contributed by atoms with Crippen molar-refractivity contribution in [2.45, 2.75) is 37.8 Å². The van der Waals surface area contributed by atoms with E-state index in [1.165, 1.54) is 0 Å². The molecule has 7 heteroatoms. The van der Waals surface area contributed by atoms with Gasteiger partial charge < -0.3 is 19.3 Å². The van der Waals surface area contributed by atoms with Crippen LogP contribution < -0.4 is 9.64 Å². The zero-order valence-corrected chi connectivity index (χ0v) is 16.5. The van der Waals surface area contributed by atoms with Gasteiger partial charge in [-0.3, -0.25) is 14.5 Å². The maximum absolute atomic E-state index is 12.8. The van der Waals surface area contributed by atoms with Crippen LogP contribution in [0.5, 0.6) is 5.75 Å². The SMILES string of the molecule is COc1cccc(N2CCN(C3CCN(C(=O)[C@H]4CCCO4)CC3)CC2=O)c1. The molecule has 152 valence electrons. The summed E-state index contributed by atoms with van der Waals surface area (Å²) in [5.74, 6) is 1.03. The standard InChI is InChI=1S/C21H29N3O4/c1-27-18-5-2-4-17(14-18)24-12-11-23(15-20(24)25)16-7-9-22(10-8-16)21(26)19-6-3-13-28-19/h2,4-5,14,16,19H,3,6-13,15H2,1H3/t19-/m1/s1. The number of piperidine rings is 1. The number of carbonyl (C=O) groups excluding carboxylic acids is 2. The molecule has 4 rings (SSSR count). The van der Waals surface area contributed by atoms with Gasteiger partial charge in [0.15, 0.2) is 0 Å². The van der Waals surface area contributed by atoms with Crippen LogP contribution in [0.3, 0.4) is 0 Å². The summed E-state index contributed by atoms with van der Waals surface area (Å²) in [5, 5.41) is 0. The van der Waals surface area contributed by atoms with Crippen LogP contribution in [0.15, 0.2) is 24.3 Å². The molecule has 0 spiro atoms. The van der Waals surface area contributed by atoms with Crippen LogP contribution in [0.1, 0.15) is 25.7 Å². The van der Waals surface area contributed by atoms with Crippen molar-refractivity contribution in [2.24, 2.45) is 0 Å². The first kappa shape index (κ1) is 19.2. The van der Waals surface area contributed by atoms with Gasteiger partial charge in [-0.25, -0.2) is 0 Å². The van der Waals surface area contributed by atoms with Crippen LogP contribution >= 0.6 is 0 Å². The Morgan fingerprint density at radius 3 is 2.64 bits per heavy atom. The third-order valence-electron chi connectivity index (χ3n) is 6.11. The van der Waals surface area contributed by atoms with Crippen LogP contribution in [-0.4, -0.2) is 80.2 Å². The van der Waals surface area contributed by atoms with Gasteiger partial charge in [0.05, 0.1) is 13.7 Å². The zero-order chi connectivity index (χ0) is 19.5. The third-order valence-corrected chi connectivity index (χ3v) is 6.11. The molecule has 3 heterocycles. The topological polar surface area (TPSA) is 62.3 Å². The van der Waals surface area contributed by atoms with Gasteiger partial charge in [-0.1, -0.05) is 6.07 Å². The summed E-state index contributed by atoms with van der Waals surface area (Å²) in [6.07, 6.45) is 3.44. The number of carbonyl (C=O) groups is 2. The highest BCUT2D eigenvalue weighted by atomic mass is 16.5. The fourth-order valence-corrected chi connectivity index (χ4v) is 4.48. The molecule has 0 bridgehead atoms. The predicted octanol–water partition coefficient (Wildman–Crippen LogP) is 1.51. The summed E-state index contributed by atoms with van der Waals surface area (Å²) >= 11 is 0. The molecule has 0 aliphatic carbocycles. The van der Waals surface area contributed by atoms with Crippen molar-refractivity contribution in [3.8, 4) is 5.75 Å². The normalized spacial score (nSPS) is 24.6. The van der Waals surface area contributed by atoms with Gasteiger partial charge in [0.1, 0.15) is 11.9 Å². The highest BCUT2D eigenvalue weighted by Crippen LogP contribution is 2.25. The molecular formula is C21H29N3O4. The van der Waals surface area contributed by atoms with Crippen molar-refractivity contribution in [1.29, 1.82) is 0 Å². The number of piperazine rings is 1. The van der Waals surface area contributed by atoms with Gasteiger partial charge in [0.2, 0.25) is 5.91 Å². The smallest absolute Gasteiger partial charge is 0.251 e. The van der Waals surface area contributed by atoms with Crippen molar-refractivity contribution < 1.29 is 19.1 Å². The lowest BCUT2D eigenvalue weighted by Crippen LogP contribution is -2.56. The molecule has 3 saturated heterocycles. The quantitative estimate of drug-likeness (QED) is 0.784. The molecule has 7 nitrogen and oxygen atoms in total. The number of amides is 2. The van der Waals surface area contributed by atoms with E-state index in [1.54, 1.807) is 7.11 Å². The van der Waals surface area contributed by atoms with Gasteiger partial charge >= 0.3 is 0 Å². The van der Waals surface area contributed by atoms with E-state index < -0.39 is 0 Å². The first-order valence-corrected chi connectivity index (χ1v) is 10.2. The van der Waals surface area contributed by atoms with Gasteiger partial charge in [-0.2, -0.15) is 0 Å². The minimum atomic E-state index is -0.232. The Morgan fingerprint density at radius 2 is 1.96 bits per heavy atom. The minimum absolute atomic E-state index is 0.123. The lowest BCUT2D eigenvalue weighted by atomic mass is 10.0. The van der Waals surface area contributed by atoms with E-state index in [2.05, 4.69) is 4.90 Å². The summed E-state index contributed by atoms with van der Waals surface area (Å²) in [4.78, 5) is 31.3. The van der Waals surface area contributed by atoms with E-state index in [9.17, 15) is 9.59 Å². The van der Waals surface area contributed by atoms with E-state index in [1.807, 2.05) is 34.1 Å². The molecule has 3 fully saturated rings. The van der Waals surface area contributed by atoms with Crippen LogP contribution in [-0.2, 0) is 14.3 Å². The molecule has 1 aromatic carbocycles. The predicted molar refractivity (Wildman–Crippen MR) is 105 cm³/mol. The van der Waals surface area contributed by atoms with E-state index in [4.69, 9.17) is 9.47 Å². The van der Waals surface area contributed by atoms with Gasteiger partial charge in [-0.15, -0.1) is 0 Å². The summed E-state index contributed by atoms with van der Waals surface area (Å²) in [5.41, 5.74) is 0.890. The van der Waals surface area contributed by atoms with Gasteiger partial charge in [0.25, 0.3) is 5.91 Å². The van der Waals surface area contributed by atoms with Crippen LogP contribution in [0.25, 0.3) is 0 Å². The Balaban J connectivity index is 1.30. The van der Waals surface area contributed by atoms with Crippen molar-refractivity contribution in [3.63, 3.8) is 0 Å². The molecule has 0 unspecified atom stereocenters. The number of nitrogens with zero attached hydrogens (tertiary/aromatic N) is 3. The summed E-state index contributed by atoms with van der Waals surface area (Å²) in [6, 6.07) is 8.02. The van der Waals surface area contributed by atoms with E-state index >= 15 is 0 Å². The maximum atomic E-state index is 12.8. The number of methoxy groups -OCH3 is 1. The number of likely N-dealkylation sites (tertiary alicyclic amines) is 1. The van der Waals surface area contributed by atoms with Crippen LogP contribution in [0, 0.1) is 0 Å². The van der Waals surface area contributed by atoms with Crippen molar-refractivity contribution in [1.82, 2.24) is 9.80 Å². The van der Waals surface area contributed by atoms with Crippen molar-refractivity contribution in [3.05, 3.63) is 24.3 Å². The third kappa shape index (κ3) is 4.00. The first-order chi connectivity index (χ1) is 13.7. The number of hydrogen-bond acceptors (Lipinski definition) is 5. The second-order valence-electron chi connectivity index (χ2n) is 7.78. The summed E-state index contributed by atoms with van der Waals surface area (Å²) in [6.45, 7) is 4.18. The fourth-order valence-electron chi connectivity index (χ4n) is 4.48. The lowest BCUT2D eigenvalue weighted by Gasteiger charge is -2.42. The average molecular weight is 387 g/mol. The fraction of sp³-hybridized carbons (Fsp3) is 0.619. The largest absolute Gasteiger partial charge is 0.497 e. The number of hydrogen-bond donors (Lipinski definition) is 0. The second kappa shape index (κ2) is 8.49. The molecule has 28 heavy (non-hydrogen) atoms. The molecule has 1 atom stereocenters. The lowest BCUT2D eigenvalue weighted by molar-refractivity contribution is -0.142. The van der Waals surface area contributed by atoms with Gasteiger partial charge in [-0.05, 0) is 37.8 Å². The molecule has 0 saturated carbocycles.